The van der Waals surface area contributed by atoms with Crippen molar-refractivity contribution >= 4 is 33.3 Å². The molecule has 108 valence electrons. The number of carbonyl (C=O) groups excluding carboxylic acids is 2. The van der Waals surface area contributed by atoms with Crippen LogP contribution in [0, 0.1) is 0 Å². The molecule has 0 atom stereocenters. The van der Waals surface area contributed by atoms with Crippen molar-refractivity contribution in [2.24, 2.45) is 0 Å². The number of sulfone groups is 1. The third-order valence-electron chi connectivity index (χ3n) is 2.88. The second kappa shape index (κ2) is 5.80. The van der Waals surface area contributed by atoms with E-state index in [2.05, 4.69) is 5.32 Å². The number of hydrogen-bond donors (Lipinski definition) is 1. The average Bonchev–Trinajstić information content (AvgIpc) is 2.38. The molecule has 1 saturated heterocycles. The Balaban J connectivity index is 2.09. The Bertz CT molecular complexity index is 627. The SMILES string of the molecule is O=C1CN(C(=O)CS(=O)(=O)c2ccc(Cl)cc2)CCN1. The van der Waals surface area contributed by atoms with Crippen molar-refractivity contribution in [3.8, 4) is 0 Å². The largest absolute Gasteiger partial charge is 0.353 e. The van der Waals surface area contributed by atoms with Crippen LogP contribution in [0.25, 0.3) is 0 Å². The summed E-state index contributed by atoms with van der Waals surface area (Å²) in [6, 6.07) is 5.61. The van der Waals surface area contributed by atoms with Crippen LogP contribution < -0.4 is 5.32 Å². The van der Waals surface area contributed by atoms with Crippen LogP contribution in [0.1, 0.15) is 0 Å². The Morgan fingerprint density at radius 3 is 2.55 bits per heavy atom. The zero-order valence-electron chi connectivity index (χ0n) is 10.5. The van der Waals surface area contributed by atoms with E-state index < -0.39 is 21.5 Å². The molecule has 1 N–H and O–H groups in total. The fraction of sp³-hybridized carbons (Fsp3) is 0.333. The Kier molecular flexibility index (Phi) is 4.29. The maximum Gasteiger partial charge on any atom is 0.239 e. The van der Waals surface area contributed by atoms with Gasteiger partial charge in [-0.3, -0.25) is 9.59 Å². The Hall–Kier alpha value is -1.60. The van der Waals surface area contributed by atoms with Crippen LogP contribution in [0.15, 0.2) is 29.2 Å². The summed E-state index contributed by atoms with van der Waals surface area (Å²) in [6.07, 6.45) is 0. The summed E-state index contributed by atoms with van der Waals surface area (Å²) in [5.41, 5.74) is 0. The first-order chi connectivity index (χ1) is 9.38. The fourth-order valence-electron chi connectivity index (χ4n) is 1.83. The standard InChI is InChI=1S/C12H13ClN2O4S/c13-9-1-3-10(4-2-9)20(18,19)8-12(17)15-6-5-14-11(16)7-15/h1-4H,5-8H2,(H,14,16). The molecular weight excluding hydrogens is 304 g/mol. The van der Waals surface area contributed by atoms with E-state index in [9.17, 15) is 18.0 Å². The maximum atomic E-state index is 12.1. The molecule has 1 aliphatic heterocycles. The molecule has 20 heavy (non-hydrogen) atoms. The highest BCUT2D eigenvalue weighted by atomic mass is 35.5. The summed E-state index contributed by atoms with van der Waals surface area (Å²) < 4.78 is 24.2. The van der Waals surface area contributed by atoms with Gasteiger partial charge in [0.25, 0.3) is 0 Å². The van der Waals surface area contributed by atoms with Crippen LogP contribution in [0.4, 0.5) is 0 Å². The molecule has 1 heterocycles. The molecule has 1 aromatic rings. The van der Waals surface area contributed by atoms with Crippen molar-refractivity contribution in [3.05, 3.63) is 29.3 Å². The Labute approximate surface area is 121 Å². The van der Waals surface area contributed by atoms with Gasteiger partial charge in [-0.2, -0.15) is 0 Å². The molecule has 0 saturated carbocycles. The number of benzene rings is 1. The summed E-state index contributed by atoms with van der Waals surface area (Å²) in [7, 11) is -3.72. The average molecular weight is 317 g/mol. The number of nitrogens with zero attached hydrogens (tertiary/aromatic N) is 1. The number of piperazine rings is 1. The van der Waals surface area contributed by atoms with Gasteiger partial charge in [-0.25, -0.2) is 8.42 Å². The molecule has 0 bridgehead atoms. The molecule has 0 aromatic heterocycles. The van der Waals surface area contributed by atoms with Crippen molar-refractivity contribution in [3.63, 3.8) is 0 Å². The minimum Gasteiger partial charge on any atom is -0.353 e. The second-order valence-electron chi connectivity index (χ2n) is 4.38. The molecule has 1 aliphatic rings. The minimum absolute atomic E-state index is 0.0386. The monoisotopic (exact) mass is 316 g/mol. The molecule has 0 unspecified atom stereocenters. The van der Waals surface area contributed by atoms with Gasteiger partial charge in [0.15, 0.2) is 9.84 Å². The van der Waals surface area contributed by atoms with Crippen LogP contribution in [0.5, 0.6) is 0 Å². The van der Waals surface area contributed by atoms with E-state index in [1.807, 2.05) is 0 Å². The smallest absolute Gasteiger partial charge is 0.239 e. The van der Waals surface area contributed by atoms with Gasteiger partial charge in [0.1, 0.15) is 5.75 Å². The molecule has 0 radical (unpaired) electrons. The van der Waals surface area contributed by atoms with E-state index in [4.69, 9.17) is 11.6 Å². The van der Waals surface area contributed by atoms with E-state index in [0.717, 1.165) is 0 Å². The summed E-state index contributed by atoms with van der Waals surface area (Å²) in [6.45, 7) is 0.557. The highest BCUT2D eigenvalue weighted by molar-refractivity contribution is 7.92. The number of carbonyl (C=O) groups is 2. The van der Waals surface area contributed by atoms with Crippen LogP contribution >= 0.6 is 11.6 Å². The first-order valence-electron chi connectivity index (χ1n) is 5.91. The van der Waals surface area contributed by atoms with Crippen molar-refractivity contribution in [1.82, 2.24) is 10.2 Å². The number of hydrogen-bond acceptors (Lipinski definition) is 4. The zero-order chi connectivity index (χ0) is 14.8. The van der Waals surface area contributed by atoms with Gasteiger partial charge in [0.2, 0.25) is 11.8 Å². The van der Waals surface area contributed by atoms with E-state index in [1.54, 1.807) is 0 Å². The van der Waals surface area contributed by atoms with Crippen molar-refractivity contribution in [2.45, 2.75) is 4.90 Å². The lowest BCUT2D eigenvalue weighted by molar-refractivity contribution is -0.136. The van der Waals surface area contributed by atoms with Gasteiger partial charge in [-0.05, 0) is 24.3 Å². The summed E-state index contributed by atoms with van der Waals surface area (Å²) in [4.78, 5) is 24.4. The molecular formula is C12H13ClN2O4S. The third-order valence-corrected chi connectivity index (χ3v) is 4.75. The highest BCUT2D eigenvalue weighted by Gasteiger charge is 2.26. The van der Waals surface area contributed by atoms with Gasteiger partial charge in [-0.1, -0.05) is 11.6 Å². The zero-order valence-corrected chi connectivity index (χ0v) is 12.1. The Morgan fingerprint density at radius 2 is 1.95 bits per heavy atom. The van der Waals surface area contributed by atoms with Gasteiger partial charge < -0.3 is 10.2 Å². The molecule has 2 amide bonds. The van der Waals surface area contributed by atoms with Crippen molar-refractivity contribution in [1.29, 1.82) is 0 Å². The van der Waals surface area contributed by atoms with Crippen LogP contribution in [-0.2, 0) is 19.4 Å². The Morgan fingerprint density at radius 1 is 1.30 bits per heavy atom. The molecule has 0 spiro atoms. The topological polar surface area (TPSA) is 83.6 Å². The lowest BCUT2D eigenvalue weighted by atomic mass is 10.3. The molecule has 0 aliphatic carbocycles. The molecule has 2 rings (SSSR count). The van der Waals surface area contributed by atoms with Crippen molar-refractivity contribution in [2.75, 3.05) is 25.4 Å². The molecule has 1 aromatic carbocycles. The predicted molar refractivity (Wildman–Crippen MR) is 73.1 cm³/mol. The summed E-state index contributed by atoms with van der Waals surface area (Å²) in [5, 5.41) is 2.99. The third kappa shape index (κ3) is 3.49. The van der Waals surface area contributed by atoms with E-state index in [-0.39, 0.29) is 17.3 Å². The first kappa shape index (κ1) is 14.8. The fourth-order valence-corrected chi connectivity index (χ4v) is 3.18. The summed E-state index contributed by atoms with van der Waals surface area (Å²) in [5.74, 6) is -1.51. The van der Waals surface area contributed by atoms with E-state index in [0.29, 0.717) is 18.1 Å². The summed E-state index contributed by atoms with van der Waals surface area (Å²) >= 11 is 5.69. The minimum atomic E-state index is -3.72. The van der Waals surface area contributed by atoms with Gasteiger partial charge >= 0.3 is 0 Å². The lowest BCUT2D eigenvalue weighted by Gasteiger charge is -2.26. The van der Waals surface area contributed by atoms with Crippen LogP contribution in [0.3, 0.4) is 0 Å². The number of halogens is 1. The highest BCUT2D eigenvalue weighted by Crippen LogP contribution is 2.16. The first-order valence-corrected chi connectivity index (χ1v) is 7.94. The maximum absolute atomic E-state index is 12.1. The normalized spacial score (nSPS) is 15.8. The number of amides is 2. The van der Waals surface area contributed by atoms with Gasteiger partial charge in [0.05, 0.1) is 11.4 Å². The molecule has 8 heteroatoms. The number of rotatable bonds is 3. The number of nitrogens with one attached hydrogen (secondary N) is 1. The quantitative estimate of drug-likeness (QED) is 0.855. The van der Waals surface area contributed by atoms with Gasteiger partial charge in [0, 0.05) is 18.1 Å². The molecule has 6 nitrogen and oxygen atoms in total. The lowest BCUT2D eigenvalue weighted by Crippen LogP contribution is -2.51. The van der Waals surface area contributed by atoms with Crippen LogP contribution in [0.2, 0.25) is 5.02 Å². The van der Waals surface area contributed by atoms with E-state index >= 15 is 0 Å². The van der Waals surface area contributed by atoms with E-state index in [1.165, 1.54) is 29.2 Å². The predicted octanol–water partition coefficient (Wildman–Crippen LogP) is 0.0721. The second-order valence-corrected chi connectivity index (χ2v) is 6.80. The van der Waals surface area contributed by atoms with Crippen LogP contribution in [-0.4, -0.2) is 50.5 Å². The van der Waals surface area contributed by atoms with Crippen molar-refractivity contribution < 1.29 is 18.0 Å². The molecule has 1 fully saturated rings. The van der Waals surface area contributed by atoms with Gasteiger partial charge in [-0.15, -0.1) is 0 Å².